The van der Waals surface area contributed by atoms with E-state index in [-0.39, 0.29) is 12.3 Å². The maximum atomic E-state index is 12.1. The first-order chi connectivity index (χ1) is 11.5. The molecule has 3 aromatic rings. The fraction of sp³-hybridized carbons (Fsp3) is 0.250. The lowest BCUT2D eigenvalue weighted by atomic mass is 10.1. The largest absolute Gasteiger partial charge is 0.488 e. The lowest BCUT2D eigenvalue weighted by Gasteiger charge is -2.13. The minimum atomic E-state index is -0.336. The summed E-state index contributed by atoms with van der Waals surface area (Å²) in [7, 11) is 1.54. The second-order valence-corrected chi connectivity index (χ2v) is 5.17. The smallest absolute Gasteiger partial charge is 0.368 e. The third kappa shape index (κ3) is 2.85. The molecule has 2 heterocycles. The Morgan fingerprint density at radius 2 is 2.09 bits per heavy atom. The first-order valence-corrected chi connectivity index (χ1v) is 7.11. The molecule has 0 N–H and O–H groups in total. The maximum absolute atomic E-state index is 12.1. The van der Waals surface area contributed by atoms with Gasteiger partial charge in [-0.25, -0.2) is 4.79 Å². The summed E-state index contributed by atoms with van der Waals surface area (Å²) in [6, 6.07) is 7.31. The lowest BCUT2D eigenvalue weighted by molar-refractivity contribution is 0.302. The molecule has 7 nitrogen and oxygen atoms in total. The first-order valence-electron chi connectivity index (χ1n) is 7.61. The number of aromatic nitrogens is 5. The zero-order valence-electron chi connectivity index (χ0n) is 14.1. The van der Waals surface area contributed by atoms with Gasteiger partial charge in [0.15, 0.2) is 0 Å². The van der Waals surface area contributed by atoms with Gasteiger partial charge in [0.25, 0.3) is 0 Å². The average Bonchev–Trinajstić information content (AvgIpc) is 2.87. The first kappa shape index (κ1) is 13.7. The number of rotatable bonds is 4. The van der Waals surface area contributed by atoms with Crippen molar-refractivity contribution in [1.29, 1.82) is 0 Å². The van der Waals surface area contributed by atoms with E-state index in [0.29, 0.717) is 17.5 Å². The quantitative estimate of drug-likeness (QED) is 0.730. The normalized spacial score (nSPS) is 11.3. The van der Waals surface area contributed by atoms with Crippen molar-refractivity contribution >= 4 is 0 Å². The molecular formula is C16H17N5O2. The number of hydrogen-bond acceptors (Lipinski definition) is 5. The fourth-order valence-electron chi connectivity index (χ4n) is 2.24. The van der Waals surface area contributed by atoms with Crippen LogP contribution in [0.1, 0.15) is 18.2 Å². The van der Waals surface area contributed by atoms with Crippen LogP contribution in [0.5, 0.6) is 5.75 Å². The summed E-state index contributed by atoms with van der Waals surface area (Å²) in [5.41, 5.74) is 2.64. The topological polar surface area (TPSA) is 74.8 Å². The van der Waals surface area contributed by atoms with Gasteiger partial charge in [-0.1, -0.05) is 18.2 Å². The van der Waals surface area contributed by atoms with Gasteiger partial charge in [0.1, 0.15) is 12.4 Å². The molecule has 0 aliphatic heterocycles. The van der Waals surface area contributed by atoms with E-state index in [4.69, 9.17) is 6.11 Å². The highest BCUT2D eigenvalue weighted by atomic mass is 16.5. The van der Waals surface area contributed by atoms with E-state index in [1.54, 1.807) is 37.5 Å². The molecule has 1 aromatic carbocycles. The number of benzene rings is 1. The van der Waals surface area contributed by atoms with Crippen LogP contribution in [0.4, 0.5) is 0 Å². The molecule has 0 fully saturated rings. The van der Waals surface area contributed by atoms with Crippen LogP contribution in [0.25, 0.3) is 5.69 Å². The Morgan fingerprint density at radius 1 is 1.26 bits per heavy atom. The summed E-state index contributed by atoms with van der Waals surface area (Å²) in [5, 5.41) is 7.62. The van der Waals surface area contributed by atoms with Crippen LogP contribution in [0.15, 0.2) is 41.3 Å². The maximum Gasteiger partial charge on any atom is 0.368 e. The van der Waals surface area contributed by atoms with E-state index in [1.807, 2.05) is 13.8 Å². The number of hydrogen-bond donors (Lipinski definition) is 0. The molecule has 0 aliphatic rings. The van der Waals surface area contributed by atoms with Gasteiger partial charge in [-0.05, 0) is 42.0 Å². The van der Waals surface area contributed by atoms with Crippen LogP contribution in [0.2, 0.25) is 0 Å². The van der Waals surface area contributed by atoms with Crippen LogP contribution in [0, 0.1) is 13.8 Å². The van der Waals surface area contributed by atoms with Gasteiger partial charge in [-0.15, -0.1) is 0 Å². The second-order valence-electron chi connectivity index (χ2n) is 5.17. The molecule has 118 valence electrons. The van der Waals surface area contributed by atoms with Gasteiger partial charge in [0, 0.05) is 24.5 Å². The van der Waals surface area contributed by atoms with Crippen molar-refractivity contribution in [2.45, 2.75) is 20.5 Å². The number of tetrazole rings is 1. The Hall–Kier alpha value is -2.96. The van der Waals surface area contributed by atoms with Gasteiger partial charge in [-0.2, -0.15) is 9.36 Å². The Morgan fingerprint density at radius 3 is 2.78 bits per heavy atom. The standard InChI is InChI=1S/C16H17N5O2/c1-11-6-4-5-7-15(11)23-10-13-12(2)17-9-8-14(13)21-16(22)20(3)18-19-21/h4-9H,10H2,1-3H3/i4T. The van der Waals surface area contributed by atoms with E-state index in [9.17, 15) is 4.79 Å². The number of ether oxygens (including phenoxy) is 1. The van der Waals surface area contributed by atoms with Gasteiger partial charge in [0.2, 0.25) is 0 Å². The molecule has 3 rings (SSSR count). The van der Waals surface area contributed by atoms with Gasteiger partial charge >= 0.3 is 5.69 Å². The van der Waals surface area contributed by atoms with Gasteiger partial charge in [-0.3, -0.25) is 4.98 Å². The van der Waals surface area contributed by atoms with E-state index >= 15 is 0 Å². The summed E-state index contributed by atoms with van der Waals surface area (Å²) in [5.74, 6) is 0.687. The predicted molar refractivity (Wildman–Crippen MR) is 84.6 cm³/mol. The SMILES string of the molecule is [3H]c1ccc(OCc2c(-n3nnn(C)c3=O)ccnc2C)c(C)c1. The van der Waals surface area contributed by atoms with E-state index < -0.39 is 0 Å². The van der Waals surface area contributed by atoms with Crippen molar-refractivity contribution in [2.75, 3.05) is 0 Å². The number of para-hydroxylation sites is 1. The van der Waals surface area contributed by atoms with Crippen molar-refractivity contribution in [3.63, 3.8) is 0 Å². The van der Waals surface area contributed by atoms with Crippen LogP contribution in [-0.2, 0) is 13.7 Å². The third-order valence-electron chi connectivity index (χ3n) is 3.59. The third-order valence-corrected chi connectivity index (χ3v) is 3.59. The summed E-state index contributed by atoms with van der Waals surface area (Å²) in [6.45, 7) is 3.97. The average molecular weight is 313 g/mol. The molecule has 0 unspecified atom stereocenters. The summed E-state index contributed by atoms with van der Waals surface area (Å²) in [6.07, 6.45) is 1.62. The van der Waals surface area contributed by atoms with Crippen molar-refractivity contribution in [3.05, 3.63) is 63.8 Å². The van der Waals surface area contributed by atoms with E-state index in [0.717, 1.165) is 21.5 Å². The molecule has 0 atom stereocenters. The molecule has 0 radical (unpaired) electrons. The van der Waals surface area contributed by atoms with Crippen molar-refractivity contribution in [3.8, 4) is 11.4 Å². The van der Waals surface area contributed by atoms with Crippen LogP contribution in [-0.4, -0.2) is 24.8 Å². The van der Waals surface area contributed by atoms with Gasteiger partial charge < -0.3 is 4.74 Å². The predicted octanol–water partition coefficient (Wildman–Crippen LogP) is 1.56. The molecule has 2 aromatic heterocycles. The van der Waals surface area contributed by atoms with Crippen LogP contribution >= 0.6 is 0 Å². The molecular weight excluding hydrogens is 294 g/mol. The van der Waals surface area contributed by atoms with Gasteiger partial charge in [0.05, 0.1) is 7.06 Å². The van der Waals surface area contributed by atoms with Crippen molar-refractivity contribution in [1.82, 2.24) is 24.8 Å². The Bertz CT molecular complexity index is 948. The zero-order valence-corrected chi connectivity index (χ0v) is 13.1. The highest BCUT2D eigenvalue weighted by molar-refractivity contribution is 5.41. The van der Waals surface area contributed by atoms with Crippen LogP contribution in [0.3, 0.4) is 0 Å². The lowest BCUT2D eigenvalue weighted by Crippen LogP contribution is -2.23. The van der Waals surface area contributed by atoms with Crippen molar-refractivity contribution < 1.29 is 6.11 Å². The summed E-state index contributed by atoms with van der Waals surface area (Å²) < 4.78 is 15.9. The van der Waals surface area contributed by atoms with E-state index in [2.05, 4.69) is 15.4 Å². The molecule has 23 heavy (non-hydrogen) atoms. The number of aryl methyl sites for hydroxylation is 3. The Labute approximate surface area is 134 Å². The highest BCUT2D eigenvalue weighted by Gasteiger charge is 2.14. The molecule has 0 spiro atoms. The van der Waals surface area contributed by atoms with Crippen molar-refractivity contribution in [2.24, 2.45) is 7.05 Å². The molecule has 0 aliphatic carbocycles. The fourth-order valence-corrected chi connectivity index (χ4v) is 2.24. The van der Waals surface area contributed by atoms with Crippen LogP contribution < -0.4 is 10.4 Å². The van der Waals surface area contributed by atoms with E-state index in [1.165, 1.54) is 4.68 Å². The monoisotopic (exact) mass is 313 g/mol. The molecule has 0 amide bonds. The molecule has 0 saturated carbocycles. The summed E-state index contributed by atoms with van der Waals surface area (Å²) >= 11 is 0. The number of pyridine rings is 1. The second kappa shape index (κ2) is 6.04. The highest BCUT2D eigenvalue weighted by Crippen LogP contribution is 2.21. The molecule has 0 saturated heterocycles. The Kier molecular flexibility index (Phi) is 3.59. The summed E-state index contributed by atoms with van der Waals surface area (Å²) in [4.78, 5) is 16.4. The number of nitrogens with zero attached hydrogens (tertiary/aromatic N) is 5. The Balaban J connectivity index is 1.96. The minimum Gasteiger partial charge on any atom is -0.488 e. The molecule has 0 bridgehead atoms. The zero-order chi connectivity index (χ0) is 17.3. The minimum absolute atomic E-state index is 0.232. The molecule has 7 heteroatoms.